The molecule has 0 saturated carbocycles. The van der Waals surface area contributed by atoms with Crippen molar-refractivity contribution in [1.29, 1.82) is 0 Å². The lowest BCUT2D eigenvalue weighted by atomic mass is 9.92. The highest BCUT2D eigenvalue weighted by atomic mass is 16.3. The second kappa shape index (κ2) is 3.91. The normalized spacial score (nSPS) is 34.2. The predicted octanol–water partition coefficient (Wildman–Crippen LogP) is -0.661. The maximum atomic E-state index is 8.84. The minimum Gasteiger partial charge on any atom is -0.396 e. The van der Waals surface area contributed by atoms with E-state index in [-0.39, 0.29) is 25.2 Å². The Bertz CT molecular complexity index is 85.6. The molecule has 1 saturated heterocycles. The second-order valence-electron chi connectivity index (χ2n) is 2.83. The molecule has 0 spiro atoms. The van der Waals surface area contributed by atoms with Crippen LogP contribution in [0.25, 0.3) is 0 Å². The first-order chi connectivity index (χ1) is 4.88. The number of aliphatic hydroxyl groups is 2. The monoisotopic (exact) mass is 145 g/mol. The van der Waals surface area contributed by atoms with Gasteiger partial charge in [0.25, 0.3) is 0 Å². The highest BCUT2D eigenvalue weighted by Gasteiger charge is 2.22. The molecule has 1 aliphatic heterocycles. The highest BCUT2D eigenvalue weighted by molar-refractivity contribution is 4.79. The molecule has 0 aromatic heterocycles. The minimum absolute atomic E-state index is 0.124. The molecule has 1 fully saturated rings. The largest absolute Gasteiger partial charge is 0.396 e. The third-order valence-electron chi connectivity index (χ3n) is 2.16. The van der Waals surface area contributed by atoms with Gasteiger partial charge in [-0.15, -0.1) is 0 Å². The van der Waals surface area contributed by atoms with E-state index in [1.165, 1.54) is 0 Å². The van der Waals surface area contributed by atoms with Crippen molar-refractivity contribution in [3.05, 3.63) is 0 Å². The fourth-order valence-corrected chi connectivity index (χ4v) is 1.45. The van der Waals surface area contributed by atoms with Gasteiger partial charge in [-0.3, -0.25) is 0 Å². The van der Waals surface area contributed by atoms with Crippen LogP contribution in [0.3, 0.4) is 0 Å². The zero-order valence-corrected chi connectivity index (χ0v) is 6.08. The van der Waals surface area contributed by atoms with E-state index in [0.717, 1.165) is 19.4 Å². The molecule has 0 aromatic rings. The second-order valence-corrected chi connectivity index (χ2v) is 2.83. The van der Waals surface area contributed by atoms with Crippen molar-refractivity contribution in [3.63, 3.8) is 0 Å². The number of hydrogen-bond acceptors (Lipinski definition) is 3. The molecule has 3 heteroatoms. The van der Waals surface area contributed by atoms with Crippen LogP contribution in [0.15, 0.2) is 0 Å². The molecule has 10 heavy (non-hydrogen) atoms. The van der Waals surface area contributed by atoms with Gasteiger partial charge in [-0.1, -0.05) is 0 Å². The smallest absolute Gasteiger partial charge is 0.0588 e. The summed E-state index contributed by atoms with van der Waals surface area (Å²) < 4.78 is 0. The summed E-state index contributed by atoms with van der Waals surface area (Å²) in [5, 5.41) is 20.8. The van der Waals surface area contributed by atoms with Gasteiger partial charge in [0.2, 0.25) is 0 Å². The van der Waals surface area contributed by atoms with Gasteiger partial charge in [0.1, 0.15) is 0 Å². The van der Waals surface area contributed by atoms with Crippen molar-refractivity contribution in [2.24, 2.45) is 5.92 Å². The molecule has 0 unspecified atom stereocenters. The molecule has 1 aliphatic rings. The molecule has 3 nitrogen and oxygen atoms in total. The molecule has 0 aliphatic carbocycles. The van der Waals surface area contributed by atoms with Crippen molar-refractivity contribution < 1.29 is 10.2 Å². The number of hydrogen-bond donors (Lipinski definition) is 3. The minimum atomic E-state index is 0.124. The molecule has 1 rings (SSSR count). The Morgan fingerprint density at radius 1 is 1.30 bits per heavy atom. The lowest BCUT2D eigenvalue weighted by Gasteiger charge is -2.29. The molecule has 0 aromatic carbocycles. The summed E-state index contributed by atoms with van der Waals surface area (Å²) in [6, 6.07) is 0.124. The molecule has 0 bridgehead atoms. The maximum Gasteiger partial charge on any atom is 0.0588 e. The van der Waals surface area contributed by atoms with Crippen molar-refractivity contribution >= 4 is 0 Å². The van der Waals surface area contributed by atoms with Gasteiger partial charge in [0, 0.05) is 12.6 Å². The van der Waals surface area contributed by atoms with Gasteiger partial charge in [-0.2, -0.15) is 0 Å². The van der Waals surface area contributed by atoms with Crippen LogP contribution in [-0.4, -0.2) is 36.0 Å². The quantitative estimate of drug-likeness (QED) is 0.483. The van der Waals surface area contributed by atoms with Gasteiger partial charge >= 0.3 is 0 Å². The van der Waals surface area contributed by atoms with Crippen LogP contribution in [0.5, 0.6) is 0 Å². The number of aliphatic hydroxyl groups excluding tert-OH is 2. The van der Waals surface area contributed by atoms with E-state index in [4.69, 9.17) is 10.2 Å². The van der Waals surface area contributed by atoms with Crippen LogP contribution in [0.4, 0.5) is 0 Å². The van der Waals surface area contributed by atoms with Crippen molar-refractivity contribution in [3.8, 4) is 0 Å². The van der Waals surface area contributed by atoms with Gasteiger partial charge < -0.3 is 15.5 Å². The van der Waals surface area contributed by atoms with Crippen LogP contribution < -0.4 is 5.32 Å². The first kappa shape index (κ1) is 7.98. The Kier molecular flexibility index (Phi) is 3.12. The standard InChI is InChI=1S/C7H15NO2/c9-4-6-2-1-3-8-7(6)5-10/h6-10H,1-5H2/t6-,7+/m0/s1. The lowest BCUT2D eigenvalue weighted by molar-refractivity contribution is 0.116. The van der Waals surface area contributed by atoms with E-state index in [0.29, 0.717) is 0 Å². The Morgan fingerprint density at radius 3 is 2.60 bits per heavy atom. The third kappa shape index (κ3) is 1.68. The molecule has 3 N–H and O–H groups in total. The van der Waals surface area contributed by atoms with Crippen LogP contribution in [0.2, 0.25) is 0 Å². The van der Waals surface area contributed by atoms with Crippen LogP contribution in [0.1, 0.15) is 12.8 Å². The zero-order valence-electron chi connectivity index (χ0n) is 6.08. The predicted molar refractivity (Wildman–Crippen MR) is 38.7 cm³/mol. The van der Waals surface area contributed by atoms with Gasteiger partial charge in [0.15, 0.2) is 0 Å². The fourth-order valence-electron chi connectivity index (χ4n) is 1.45. The molecule has 0 amide bonds. The molecule has 2 atom stereocenters. The summed E-state index contributed by atoms with van der Waals surface area (Å²) in [5.41, 5.74) is 0. The molecule has 0 radical (unpaired) electrons. The van der Waals surface area contributed by atoms with Crippen LogP contribution in [0, 0.1) is 5.92 Å². The van der Waals surface area contributed by atoms with Crippen LogP contribution >= 0.6 is 0 Å². The molecule has 60 valence electrons. The van der Waals surface area contributed by atoms with Gasteiger partial charge in [0.05, 0.1) is 6.61 Å². The Morgan fingerprint density at radius 2 is 2.10 bits per heavy atom. The average Bonchev–Trinajstić information content (AvgIpc) is 2.04. The van der Waals surface area contributed by atoms with E-state index in [1.807, 2.05) is 0 Å². The molecular weight excluding hydrogens is 130 g/mol. The SMILES string of the molecule is OC[C@@H]1CCCN[C@@H]1CO. The summed E-state index contributed by atoms with van der Waals surface area (Å²) in [7, 11) is 0. The molecular formula is C7H15NO2. The van der Waals surface area contributed by atoms with E-state index in [2.05, 4.69) is 5.32 Å². The number of nitrogens with one attached hydrogen (secondary N) is 1. The van der Waals surface area contributed by atoms with E-state index < -0.39 is 0 Å². The maximum absolute atomic E-state index is 8.84. The van der Waals surface area contributed by atoms with Crippen molar-refractivity contribution in [1.82, 2.24) is 5.32 Å². The first-order valence-electron chi connectivity index (χ1n) is 3.83. The summed E-state index contributed by atoms with van der Waals surface area (Å²) in [6.45, 7) is 1.31. The summed E-state index contributed by atoms with van der Waals surface area (Å²) in [4.78, 5) is 0. The number of piperidine rings is 1. The average molecular weight is 145 g/mol. The van der Waals surface area contributed by atoms with E-state index >= 15 is 0 Å². The van der Waals surface area contributed by atoms with E-state index in [1.54, 1.807) is 0 Å². The third-order valence-corrected chi connectivity index (χ3v) is 2.16. The van der Waals surface area contributed by atoms with E-state index in [9.17, 15) is 0 Å². The lowest BCUT2D eigenvalue weighted by Crippen LogP contribution is -2.45. The summed E-state index contributed by atoms with van der Waals surface area (Å²) >= 11 is 0. The van der Waals surface area contributed by atoms with Crippen molar-refractivity contribution in [2.45, 2.75) is 18.9 Å². The number of rotatable bonds is 2. The Balaban J connectivity index is 2.34. The Labute approximate surface area is 61.1 Å². The summed E-state index contributed by atoms with van der Waals surface area (Å²) in [5.74, 6) is 0.263. The fraction of sp³-hybridized carbons (Fsp3) is 1.00. The highest BCUT2D eigenvalue weighted by Crippen LogP contribution is 2.14. The van der Waals surface area contributed by atoms with Crippen molar-refractivity contribution in [2.75, 3.05) is 19.8 Å². The first-order valence-corrected chi connectivity index (χ1v) is 3.83. The Hall–Kier alpha value is -0.120. The van der Waals surface area contributed by atoms with Gasteiger partial charge in [-0.05, 0) is 25.3 Å². The van der Waals surface area contributed by atoms with Crippen LogP contribution in [-0.2, 0) is 0 Å². The van der Waals surface area contributed by atoms with Gasteiger partial charge in [-0.25, -0.2) is 0 Å². The summed E-state index contributed by atoms with van der Waals surface area (Å²) in [6.07, 6.45) is 2.15. The molecule has 1 heterocycles. The zero-order chi connectivity index (χ0) is 7.40. The topological polar surface area (TPSA) is 52.5 Å².